The largest absolute Gasteiger partial charge is 0.379 e. The van der Waals surface area contributed by atoms with Crippen LogP contribution in [0.4, 0.5) is 5.82 Å². The first-order valence-electron chi connectivity index (χ1n) is 7.68. The van der Waals surface area contributed by atoms with Crippen LogP contribution in [0.1, 0.15) is 32.8 Å². The van der Waals surface area contributed by atoms with Gasteiger partial charge < -0.3 is 10.1 Å². The highest BCUT2D eigenvalue weighted by atomic mass is 79.9. The van der Waals surface area contributed by atoms with Gasteiger partial charge in [0.1, 0.15) is 5.82 Å². The topological polar surface area (TPSA) is 54.5 Å². The summed E-state index contributed by atoms with van der Waals surface area (Å²) in [7, 11) is 0. The van der Waals surface area contributed by atoms with Crippen LogP contribution >= 0.6 is 15.9 Å². The molecule has 0 atom stereocenters. The molecular formula is C16H24BrN3O2. The average molecular weight is 370 g/mol. The first kappa shape index (κ1) is 17.4. The van der Waals surface area contributed by atoms with Gasteiger partial charge in [0.2, 0.25) is 5.91 Å². The van der Waals surface area contributed by atoms with Crippen LogP contribution in [0.25, 0.3) is 0 Å². The molecule has 1 aromatic heterocycles. The predicted molar refractivity (Wildman–Crippen MR) is 90.7 cm³/mol. The number of nitrogens with zero attached hydrogens (tertiary/aromatic N) is 2. The summed E-state index contributed by atoms with van der Waals surface area (Å²) in [4.78, 5) is 18.9. The number of morpholine rings is 1. The summed E-state index contributed by atoms with van der Waals surface area (Å²) in [6.07, 6.45) is 2.54. The number of aromatic nitrogens is 1. The van der Waals surface area contributed by atoms with Gasteiger partial charge in [0, 0.05) is 35.7 Å². The van der Waals surface area contributed by atoms with Crippen LogP contribution in [-0.2, 0) is 16.1 Å². The second-order valence-electron chi connectivity index (χ2n) is 6.24. The second kappa shape index (κ2) is 7.53. The molecule has 0 saturated carbocycles. The minimum Gasteiger partial charge on any atom is -0.379 e. The van der Waals surface area contributed by atoms with Crippen molar-refractivity contribution in [2.75, 3.05) is 31.6 Å². The van der Waals surface area contributed by atoms with E-state index in [1.165, 1.54) is 0 Å². The van der Waals surface area contributed by atoms with Crippen molar-refractivity contribution in [1.82, 2.24) is 9.88 Å². The molecule has 0 spiro atoms. The number of carbonyl (C=O) groups is 1. The molecule has 22 heavy (non-hydrogen) atoms. The van der Waals surface area contributed by atoms with Gasteiger partial charge in [-0.1, -0.05) is 20.8 Å². The highest BCUT2D eigenvalue weighted by Gasteiger charge is 2.25. The zero-order valence-electron chi connectivity index (χ0n) is 13.5. The molecular weight excluding hydrogens is 346 g/mol. The van der Waals surface area contributed by atoms with Crippen molar-refractivity contribution >= 4 is 27.7 Å². The van der Waals surface area contributed by atoms with E-state index in [-0.39, 0.29) is 11.3 Å². The summed E-state index contributed by atoms with van der Waals surface area (Å²) < 4.78 is 6.34. The number of anilines is 1. The standard InChI is InChI=1S/C16H24BrN3O2/c1-4-16(2,3)15(21)19-14-9-12(13(17)10-18-14)11-20-5-7-22-8-6-20/h9-10H,4-8,11H2,1-3H3,(H,18,19,21). The molecule has 1 saturated heterocycles. The van der Waals surface area contributed by atoms with Crippen molar-refractivity contribution in [2.24, 2.45) is 5.41 Å². The van der Waals surface area contributed by atoms with Crippen LogP contribution in [0.3, 0.4) is 0 Å². The summed E-state index contributed by atoms with van der Waals surface area (Å²) in [5.41, 5.74) is 0.737. The predicted octanol–water partition coefficient (Wildman–Crippen LogP) is 3.05. The highest BCUT2D eigenvalue weighted by Crippen LogP contribution is 2.24. The van der Waals surface area contributed by atoms with E-state index >= 15 is 0 Å². The lowest BCUT2D eigenvalue weighted by Crippen LogP contribution is -2.35. The van der Waals surface area contributed by atoms with Crippen molar-refractivity contribution in [3.05, 3.63) is 22.3 Å². The monoisotopic (exact) mass is 369 g/mol. The molecule has 2 rings (SSSR count). The van der Waals surface area contributed by atoms with Gasteiger partial charge in [-0.2, -0.15) is 0 Å². The van der Waals surface area contributed by atoms with Gasteiger partial charge >= 0.3 is 0 Å². The minimum absolute atomic E-state index is 0.00199. The van der Waals surface area contributed by atoms with Gasteiger partial charge in [-0.05, 0) is 34.0 Å². The Hall–Kier alpha value is -0.980. The molecule has 0 radical (unpaired) electrons. The fourth-order valence-electron chi connectivity index (χ4n) is 2.12. The van der Waals surface area contributed by atoms with Crippen LogP contribution in [0.5, 0.6) is 0 Å². The number of hydrogen-bond donors (Lipinski definition) is 1. The van der Waals surface area contributed by atoms with Gasteiger partial charge in [-0.3, -0.25) is 9.69 Å². The van der Waals surface area contributed by atoms with E-state index in [4.69, 9.17) is 4.74 Å². The maximum atomic E-state index is 12.3. The van der Waals surface area contributed by atoms with Crippen LogP contribution in [-0.4, -0.2) is 42.1 Å². The quantitative estimate of drug-likeness (QED) is 0.866. The van der Waals surface area contributed by atoms with E-state index in [2.05, 4.69) is 31.1 Å². The normalized spacial score (nSPS) is 16.5. The summed E-state index contributed by atoms with van der Waals surface area (Å²) in [5, 5.41) is 2.92. The van der Waals surface area contributed by atoms with Crippen molar-refractivity contribution in [3.8, 4) is 0 Å². The lowest BCUT2D eigenvalue weighted by atomic mass is 9.89. The van der Waals surface area contributed by atoms with E-state index in [1.807, 2.05) is 26.8 Å². The lowest BCUT2D eigenvalue weighted by molar-refractivity contribution is -0.124. The maximum absolute atomic E-state index is 12.3. The van der Waals surface area contributed by atoms with Crippen LogP contribution in [0, 0.1) is 5.41 Å². The number of hydrogen-bond acceptors (Lipinski definition) is 4. The number of pyridine rings is 1. The maximum Gasteiger partial charge on any atom is 0.231 e. The molecule has 122 valence electrons. The smallest absolute Gasteiger partial charge is 0.231 e. The zero-order chi connectivity index (χ0) is 16.2. The van der Waals surface area contributed by atoms with Gasteiger partial charge in [0.15, 0.2) is 0 Å². The van der Waals surface area contributed by atoms with E-state index in [0.717, 1.165) is 49.3 Å². The number of amides is 1. The number of ether oxygens (including phenoxy) is 1. The van der Waals surface area contributed by atoms with Crippen molar-refractivity contribution in [2.45, 2.75) is 33.7 Å². The summed E-state index contributed by atoms with van der Waals surface area (Å²) in [6.45, 7) is 10.1. The molecule has 1 N–H and O–H groups in total. The summed E-state index contributed by atoms with van der Waals surface area (Å²) >= 11 is 3.54. The Morgan fingerprint density at radius 3 is 2.77 bits per heavy atom. The average Bonchev–Trinajstić information content (AvgIpc) is 2.51. The van der Waals surface area contributed by atoms with Crippen LogP contribution in [0.2, 0.25) is 0 Å². The van der Waals surface area contributed by atoms with Gasteiger partial charge in [0.25, 0.3) is 0 Å². The number of carbonyl (C=O) groups excluding carboxylic acids is 1. The Labute approximate surface area is 140 Å². The van der Waals surface area contributed by atoms with Crippen molar-refractivity contribution in [1.29, 1.82) is 0 Å². The van der Waals surface area contributed by atoms with E-state index < -0.39 is 0 Å². The fourth-order valence-corrected chi connectivity index (χ4v) is 2.46. The minimum atomic E-state index is -0.390. The molecule has 6 heteroatoms. The number of halogens is 1. The van der Waals surface area contributed by atoms with Crippen molar-refractivity contribution < 1.29 is 9.53 Å². The molecule has 1 aromatic rings. The summed E-state index contributed by atoms with van der Waals surface area (Å²) in [5.74, 6) is 0.611. The highest BCUT2D eigenvalue weighted by molar-refractivity contribution is 9.10. The molecule has 1 fully saturated rings. The molecule has 0 unspecified atom stereocenters. The first-order chi connectivity index (χ1) is 10.4. The molecule has 1 amide bonds. The SMILES string of the molecule is CCC(C)(C)C(=O)Nc1cc(CN2CCOCC2)c(Br)cn1. The summed E-state index contributed by atoms with van der Waals surface area (Å²) in [6, 6.07) is 1.95. The van der Waals surface area contributed by atoms with E-state index in [9.17, 15) is 4.79 Å². The Balaban J connectivity index is 2.07. The molecule has 0 aromatic carbocycles. The third-order valence-corrected chi connectivity index (χ3v) is 4.89. The van der Waals surface area contributed by atoms with Crippen LogP contribution < -0.4 is 5.32 Å². The Bertz CT molecular complexity index is 528. The number of rotatable bonds is 5. The Morgan fingerprint density at radius 2 is 2.14 bits per heavy atom. The molecule has 0 aliphatic carbocycles. The van der Waals surface area contributed by atoms with E-state index in [0.29, 0.717) is 5.82 Å². The number of nitrogens with one attached hydrogen (secondary N) is 1. The molecule has 2 heterocycles. The van der Waals surface area contributed by atoms with Crippen LogP contribution in [0.15, 0.2) is 16.7 Å². The first-order valence-corrected chi connectivity index (χ1v) is 8.47. The fraction of sp³-hybridized carbons (Fsp3) is 0.625. The van der Waals surface area contributed by atoms with Crippen molar-refractivity contribution in [3.63, 3.8) is 0 Å². The van der Waals surface area contributed by atoms with E-state index in [1.54, 1.807) is 6.20 Å². The van der Waals surface area contributed by atoms with Gasteiger partial charge in [-0.25, -0.2) is 4.98 Å². The zero-order valence-corrected chi connectivity index (χ0v) is 15.1. The molecule has 1 aliphatic heterocycles. The second-order valence-corrected chi connectivity index (χ2v) is 7.10. The third-order valence-electron chi connectivity index (χ3n) is 4.17. The lowest BCUT2D eigenvalue weighted by Gasteiger charge is -2.27. The third kappa shape index (κ3) is 4.51. The Kier molecular flexibility index (Phi) is 5.94. The van der Waals surface area contributed by atoms with Gasteiger partial charge in [-0.15, -0.1) is 0 Å². The Morgan fingerprint density at radius 1 is 1.45 bits per heavy atom. The van der Waals surface area contributed by atoms with Gasteiger partial charge in [0.05, 0.1) is 13.2 Å². The molecule has 5 nitrogen and oxygen atoms in total. The molecule has 0 bridgehead atoms. The molecule has 1 aliphatic rings.